The highest BCUT2D eigenvalue weighted by Crippen LogP contribution is 2.19. The maximum Gasteiger partial charge on any atom is 0.268 e. The fraction of sp³-hybridized carbons (Fsp3) is 0.400. The molecule has 2 amide bonds. The lowest BCUT2D eigenvalue weighted by Crippen LogP contribution is -2.52. The molecule has 3 heterocycles. The van der Waals surface area contributed by atoms with Crippen LogP contribution in [-0.2, 0) is 20.7 Å². The summed E-state index contributed by atoms with van der Waals surface area (Å²) in [7, 11) is 1.63. The third kappa shape index (κ3) is 6.56. The minimum absolute atomic E-state index is 0.0751. The number of benzene rings is 1. The number of amides is 2. The zero-order chi connectivity index (χ0) is 24.8. The number of carbonyl (C=O) groups is 2. The summed E-state index contributed by atoms with van der Waals surface area (Å²) >= 11 is 5.95. The number of H-pyrrole nitrogens is 1. The Bertz CT molecular complexity index is 1160. The van der Waals surface area contributed by atoms with E-state index >= 15 is 0 Å². The van der Waals surface area contributed by atoms with Crippen LogP contribution in [0.1, 0.15) is 28.9 Å². The van der Waals surface area contributed by atoms with Crippen molar-refractivity contribution in [2.75, 3.05) is 33.4 Å². The van der Waals surface area contributed by atoms with Crippen molar-refractivity contribution in [3.63, 3.8) is 0 Å². The molecule has 2 N–H and O–H groups in total. The largest absolute Gasteiger partial charge is 0.382 e. The smallest absolute Gasteiger partial charge is 0.268 e. The molecule has 0 bridgehead atoms. The van der Waals surface area contributed by atoms with Crippen LogP contribution in [0.2, 0.25) is 5.15 Å². The minimum atomic E-state index is -0.813. The fourth-order valence-corrected chi connectivity index (χ4v) is 4.35. The Labute approximate surface area is 207 Å². The molecule has 1 aliphatic heterocycles. The van der Waals surface area contributed by atoms with Gasteiger partial charge in [-0.25, -0.2) is 9.37 Å². The van der Waals surface area contributed by atoms with E-state index in [1.807, 2.05) is 0 Å². The van der Waals surface area contributed by atoms with Crippen molar-refractivity contribution in [3.8, 4) is 0 Å². The SMILES string of the molecule is COCCOC1CCN(C(=O)[C@H](Cc2ccc(F)cc2)NC(=O)c2cc3cc(Cl)ncc3[nH]2)CC1. The van der Waals surface area contributed by atoms with Crippen LogP contribution in [0.5, 0.6) is 0 Å². The van der Waals surface area contributed by atoms with Crippen molar-refractivity contribution in [3.05, 3.63) is 64.8 Å². The summed E-state index contributed by atoms with van der Waals surface area (Å²) in [5, 5.41) is 3.93. The number of hydrogen-bond acceptors (Lipinski definition) is 5. The Kier molecular flexibility index (Phi) is 8.33. The van der Waals surface area contributed by atoms with Crippen LogP contribution in [0.4, 0.5) is 4.39 Å². The molecular formula is C25H28ClFN4O4. The first-order chi connectivity index (χ1) is 16.9. The highest BCUT2D eigenvalue weighted by Gasteiger charge is 2.30. The Morgan fingerprint density at radius 1 is 1.23 bits per heavy atom. The molecule has 0 saturated carbocycles. The van der Waals surface area contributed by atoms with E-state index in [1.165, 1.54) is 12.1 Å². The number of aromatic nitrogens is 2. The summed E-state index contributed by atoms with van der Waals surface area (Å²) in [4.78, 5) is 35.3. The molecule has 3 aromatic rings. The lowest BCUT2D eigenvalue weighted by Gasteiger charge is -2.34. The van der Waals surface area contributed by atoms with Crippen LogP contribution >= 0.6 is 11.6 Å². The van der Waals surface area contributed by atoms with Crippen molar-refractivity contribution in [1.82, 2.24) is 20.2 Å². The number of carbonyl (C=O) groups excluding carboxylic acids is 2. The molecule has 1 fully saturated rings. The third-order valence-electron chi connectivity index (χ3n) is 6.07. The second kappa shape index (κ2) is 11.6. The molecule has 0 radical (unpaired) electrons. The van der Waals surface area contributed by atoms with E-state index in [4.69, 9.17) is 21.1 Å². The second-order valence-electron chi connectivity index (χ2n) is 8.52. The highest BCUT2D eigenvalue weighted by atomic mass is 35.5. The summed E-state index contributed by atoms with van der Waals surface area (Å²) < 4.78 is 24.2. The Morgan fingerprint density at radius 3 is 2.69 bits per heavy atom. The van der Waals surface area contributed by atoms with Gasteiger partial charge in [0, 0.05) is 32.0 Å². The van der Waals surface area contributed by atoms with Crippen LogP contribution in [0, 0.1) is 5.82 Å². The van der Waals surface area contributed by atoms with Crippen LogP contribution in [0.3, 0.4) is 0 Å². The molecule has 4 rings (SSSR count). The molecule has 8 nitrogen and oxygen atoms in total. The normalized spacial score (nSPS) is 15.3. The van der Waals surface area contributed by atoms with Gasteiger partial charge in [0.25, 0.3) is 5.91 Å². The number of ether oxygens (including phenoxy) is 2. The van der Waals surface area contributed by atoms with E-state index in [-0.39, 0.29) is 24.2 Å². The monoisotopic (exact) mass is 502 g/mol. The highest BCUT2D eigenvalue weighted by molar-refractivity contribution is 6.30. The van der Waals surface area contributed by atoms with E-state index in [2.05, 4.69) is 15.3 Å². The van der Waals surface area contributed by atoms with Crippen molar-refractivity contribution in [1.29, 1.82) is 0 Å². The maximum atomic E-state index is 13.5. The molecule has 0 aliphatic carbocycles. The summed E-state index contributed by atoms with van der Waals surface area (Å²) in [5.74, 6) is -0.962. The van der Waals surface area contributed by atoms with Gasteiger partial charge in [0.15, 0.2) is 0 Å². The summed E-state index contributed by atoms with van der Waals surface area (Å²) in [5.41, 5.74) is 1.71. The first kappa shape index (κ1) is 25.1. The van der Waals surface area contributed by atoms with Gasteiger partial charge in [0.05, 0.1) is 31.0 Å². The van der Waals surface area contributed by atoms with E-state index < -0.39 is 11.9 Å². The number of piperidine rings is 1. The Morgan fingerprint density at radius 2 is 1.97 bits per heavy atom. The molecule has 1 aliphatic rings. The number of methoxy groups -OCH3 is 1. The van der Waals surface area contributed by atoms with E-state index in [0.717, 1.165) is 10.9 Å². The number of pyridine rings is 1. The van der Waals surface area contributed by atoms with Crippen LogP contribution in [0.15, 0.2) is 42.6 Å². The predicted octanol–water partition coefficient (Wildman–Crippen LogP) is 3.35. The standard InChI is InChI=1S/C25H28ClFN4O4/c1-34-10-11-35-19-6-8-31(9-7-19)25(33)21(12-16-2-4-18(27)5-3-16)30-24(32)20-13-17-14-23(26)28-15-22(17)29-20/h2-5,13-15,19,21,29H,6-12H2,1H3,(H,30,32)/t21-/m0/s1. The van der Waals surface area contributed by atoms with Crippen molar-refractivity contribution < 1.29 is 23.5 Å². The average Bonchev–Trinajstić information content (AvgIpc) is 3.28. The topological polar surface area (TPSA) is 96.6 Å². The van der Waals surface area contributed by atoms with Gasteiger partial charge in [-0.05, 0) is 42.7 Å². The van der Waals surface area contributed by atoms with Crippen LogP contribution in [-0.4, -0.2) is 72.2 Å². The minimum Gasteiger partial charge on any atom is -0.382 e. The van der Waals surface area contributed by atoms with Crippen LogP contribution in [0.25, 0.3) is 10.9 Å². The summed E-state index contributed by atoms with van der Waals surface area (Å²) in [6.07, 6.45) is 3.29. The Balaban J connectivity index is 1.46. The predicted molar refractivity (Wildman–Crippen MR) is 130 cm³/mol. The van der Waals surface area contributed by atoms with Crippen molar-refractivity contribution in [2.24, 2.45) is 0 Å². The number of fused-ring (bicyclic) bond motifs is 1. The second-order valence-corrected chi connectivity index (χ2v) is 8.91. The van der Waals surface area contributed by atoms with Gasteiger partial charge in [-0.1, -0.05) is 23.7 Å². The quantitative estimate of drug-likeness (QED) is 0.345. The van der Waals surface area contributed by atoms with Gasteiger partial charge in [-0.3, -0.25) is 9.59 Å². The fourth-order valence-electron chi connectivity index (χ4n) is 4.18. The Hall–Kier alpha value is -3.01. The number of rotatable bonds is 9. The van der Waals surface area contributed by atoms with Gasteiger partial charge < -0.3 is 24.7 Å². The third-order valence-corrected chi connectivity index (χ3v) is 6.27. The molecule has 1 aromatic carbocycles. The summed E-state index contributed by atoms with van der Waals surface area (Å²) in [6.45, 7) is 2.11. The molecule has 35 heavy (non-hydrogen) atoms. The first-order valence-corrected chi connectivity index (χ1v) is 11.9. The number of hydrogen-bond donors (Lipinski definition) is 2. The van der Waals surface area contributed by atoms with Gasteiger partial charge in [-0.15, -0.1) is 0 Å². The zero-order valence-electron chi connectivity index (χ0n) is 19.4. The molecule has 1 atom stereocenters. The van der Waals surface area contributed by atoms with E-state index in [9.17, 15) is 14.0 Å². The molecule has 186 valence electrons. The van der Waals surface area contributed by atoms with Gasteiger partial charge in [0.1, 0.15) is 22.7 Å². The van der Waals surface area contributed by atoms with Crippen molar-refractivity contribution >= 4 is 34.3 Å². The first-order valence-electron chi connectivity index (χ1n) is 11.5. The zero-order valence-corrected chi connectivity index (χ0v) is 20.2. The molecule has 0 spiro atoms. The van der Waals surface area contributed by atoms with Gasteiger partial charge in [-0.2, -0.15) is 0 Å². The van der Waals surface area contributed by atoms with Crippen LogP contribution < -0.4 is 5.32 Å². The van der Waals surface area contributed by atoms with E-state index in [1.54, 1.807) is 42.5 Å². The molecular weight excluding hydrogens is 475 g/mol. The average molecular weight is 503 g/mol. The lowest BCUT2D eigenvalue weighted by molar-refractivity contribution is -0.136. The lowest BCUT2D eigenvalue weighted by atomic mass is 10.0. The number of nitrogens with one attached hydrogen (secondary N) is 2. The number of nitrogens with zero attached hydrogens (tertiary/aromatic N) is 2. The summed E-state index contributed by atoms with van der Waals surface area (Å²) in [6, 6.07) is 8.44. The number of aromatic amines is 1. The molecule has 0 unspecified atom stereocenters. The van der Waals surface area contributed by atoms with Gasteiger partial charge in [0.2, 0.25) is 5.91 Å². The molecule has 1 saturated heterocycles. The van der Waals surface area contributed by atoms with Crippen molar-refractivity contribution in [2.45, 2.75) is 31.4 Å². The number of likely N-dealkylation sites (tertiary alicyclic amines) is 1. The molecule has 2 aromatic heterocycles. The van der Waals surface area contributed by atoms with Gasteiger partial charge >= 0.3 is 0 Å². The number of halogens is 2. The van der Waals surface area contributed by atoms with E-state index in [0.29, 0.717) is 55.5 Å². The molecule has 10 heteroatoms. The maximum absolute atomic E-state index is 13.5.